The highest BCUT2D eigenvalue weighted by Gasteiger charge is 2.25. The van der Waals surface area contributed by atoms with E-state index in [0.717, 1.165) is 0 Å². The van der Waals surface area contributed by atoms with Crippen molar-refractivity contribution >= 4 is 11.8 Å². The van der Waals surface area contributed by atoms with Gasteiger partial charge in [0.15, 0.2) is 5.78 Å². The van der Waals surface area contributed by atoms with Crippen LogP contribution in [0.2, 0.25) is 0 Å². The molecule has 7 nitrogen and oxygen atoms in total. The Hall–Kier alpha value is -2.18. The fraction of sp³-hybridized carbons (Fsp3) is 0.571. The molecule has 1 atom stereocenters. The minimum atomic E-state index is -0.595. The second kappa shape index (κ2) is 7.56. The number of carbonyl (C=O) groups is 2. The van der Waals surface area contributed by atoms with Crippen LogP contribution in [0, 0.1) is 5.92 Å². The van der Waals surface area contributed by atoms with Crippen molar-refractivity contribution < 1.29 is 14.3 Å². The van der Waals surface area contributed by atoms with Crippen LogP contribution in [0.25, 0.3) is 0 Å². The highest BCUT2D eigenvalue weighted by Crippen LogP contribution is 2.14. The van der Waals surface area contributed by atoms with Gasteiger partial charge in [-0.3, -0.25) is 9.48 Å². The van der Waals surface area contributed by atoms with E-state index in [1.807, 2.05) is 0 Å². The van der Waals surface area contributed by atoms with Crippen LogP contribution in [-0.2, 0) is 27.8 Å². The molecule has 0 aliphatic rings. The van der Waals surface area contributed by atoms with Gasteiger partial charge in [-0.1, -0.05) is 12.1 Å². The van der Waals surface area contributed by atoms with E-state index in [4.69, 9.17) is 4.74 Å². The Labute approximate surface area is 124 Å². The standard InChI is InChI=1S/C14H22N4O3/c1-6-21-14(20)12(9-17(3)4)13(19)10(2)7-11-8-18(5)16-15-11/h8-10H,6-7H2,1-5H3/b12-9-. The Morgan fingerprint density at radius 2 is 2.14 bits per heavy atom. The van der Waals surface area contributed by atoms with Crippen molar-refractivity contribution in [3.63, 3.8) is 0 Å². The van der Waals surface area contributed by atoms with Gasteiger partial charge in [0.25, 0.3) is 0 Å². The zero-order valence-corrected chi connectivity index (χ0v) is 13.2. The molecule has 0 aliphatic carbocycles. The first kappa shape index (κ1) is 16.9. The monoisotopic (exact) mass is 294 g/mol. The molecule has 1 aromatic rings. The maximum absolute atomic E-state index is 12.5. The second-order valence-electron chi connectivity index (χ2n) is 5.08. The number of ketones is 1. The summed E-state index contributed by atoms with van der Waals surface area (Å²) in [6, 6.07) is 0. The van der Waals surface area contributed by atoms with Gasteiger partial charge in [0.05, 0.1) is 12.3 Å². The van der Waals surface area contributed by atoms with Gasteiger partial charge in [0.1, 0.15) is 5.57 Å². The Morgan fingerprint density at radius 3 is 2.62 bits per heavy atom. The van der Waals surface area contributed by atoms with E-state index in [9.17, 15) is 9.59 Å². The third-order valence-electron chi connectivity index (χ3n) is 2.76. The minimum absolute atomic E-state index is 0.0539. The zero-order valence-electron chi connectivity index (χ0n) is 13.2. The lowest BCUT2D eigenvalue weighted by Gasteiger charge is -2.14. The molecule has 0 saturated carbocycles. The van der Waals surface area contributed by atoms with Crippen molar-refractivity contribution in [1.29, 1.82) is 0 Å². The third-order valence-corrected chi connectivity index (χ3v) is 2.76. The summed E-state index contributed by atoms with van der Waals surface area (Å²) in [6.45, 7) is 3.70. The largest absolute Gasteiger partial charge is 0.462 e. The Bertz CT molecular complexity index is 534. The maximum Gasteiger partial charge on any atom is 0.343 e. The Kier molecular flexibility index (Phi) is 6.08. The van der Waals surface area contributed by atoms with Gasteiger partial charge in [-0.15, -0.1) is 5.10 Å². The molecule has 0 N–H and O–H groups in total. The molecule has 116 valence electrons. The van der Waals surface area contributed by atoms with Crippen LogP contribution < -0.4 is 0 Å². The molecule has 0 aliphatic heterocycles. The smallest absolute Gasteiger partial charge is 0.343 e. The quantitative estimate of drug-likeness (QED) is 0.317. The van der Waals surface area contributed by atoms with Crippen molar-refractivity contribution in [1.82, 2.24) is 19.9 Å². The molecular formula is C14H22N4O3. The summed E-state index contributed by atoms with van der Waals surface area (Å²) in [5.41, 5.74) is 0.768. The number of ether oxygens (including phenoxy) is 1. The first-order chi connectivity index (χ1) is 9.85. The molecule has 0 fully saturated rings. The summed E-state index contributed by atoms with van der Waals surface area (Å²) in [5.74, 6) is -1.23. The summed E-state index contributed by atoms with van der Waals surface area (Å²) in [5, 5.41) is 7.78. The van der Waals surface area contributed by atoms with Crippen LogP contribution in [0.1, 0.15) is 19.5 Å². The lowest BCUT2D eigenvalue weighted by atomic mass is 9.95. The van der Waals surface area contributed by atoms with Gasteiger partial charge in [0, 0.05) is 45.9 Å². The number of aromatic nitrogens is 3. The van der Waals surface area contributed by atoms with E-state index >= 15 is 0 Å². The number of esters is 1. The van der Waals surface area contributed by atoms with Crippen LogP contribution >= 0.6 is 0 Å². The van der Waals surface area contributed by atoms with Crippen LogP contribution in [0.3, 0.4) is 0 Å². The Morgan fingerprint density at radius 1 is 1.48 bits per heavy atom. The van der Waals surface area contributed by atoms with E-state index in [1.165, 1.54) is 6.20 Å². The molecule has 0 saturated heterocycles. The third kappa shape index (κ3) is 5.02. The summed E-state index contributed by atoms with van der Waals surface area (Å²) in [6.07, 6.45) is 3.67. The molecule has 0 amide bonds. The number of hydrogen-bond donors (Lipinski definition) is 0. The van der Waals surface area contributed by atoms with E-state index in [1.54, 1.807) is 50.8 Å². The molecule has 7 heteroatoms. The molecule has 1 rings (SSSR count). The molecule has 0 aromatic carbocycles. The lowest BCUT2D eigenvalue weighted by Crippen LogP contribution is -2.25. The molecule has 0 bridgehead atoms. The van der Waals surface area contributed by atoms with Crippen LogP contribution in [0.15, 0.2) is 18.0 Å². The second-order valence-corrected chi connectivity index (χ2v) is 5.08. The predicted octanol–water partition coefficient (Wildman–Crippen LogP) is 0.571. The fourth-order valence-corrected chi connectivity index (χ4v) is 1.84. The minimum Gasteiger partial charge on any atom is -0.462 e. The SMILES string of the molecule is CCOC(=O)/C(=C\N(C)C)C(=O)C(C)Cc1cn(C)nn1. The van der Waals surface area contributed by atoms with E-state index in [-0.39, 0.29) is 23.9 Å². The molecule has 1 unspecified atom stereocenters. The lowest BCUT2D eigenvalue weighted by molar-refractivity contribution is -0.140. The number of Topliss-reactive ketones (excluding diaryl/α,β-unsaturated/α-hetero) is 1. The number of nitrogens with zero attached hydrogens (tertiary/aromatic N) is 4. The number of hydrogen-bond acceptors (Lipinski definition) is 6. The van der Waals surface area contributed by atoms with Crippen LogP contribution in [0.5, 0.6) is 0 Å². The highest BCUT2D eigenvalue weighted by atomic mass is 16.5. The fourth-order valence-electron chi connectivity index (χ4n) is 1.84. The van der Waals surface area contributed by atoms with Crippen LogP contribution in [0.4, 0.5) is 0 Å². The number of carbonyl (C=O) groups excluding carboxylic acids is 2. The normalized spacial score (nSPS) is 12.9. The van der Waals surface area contributed by atoms with Gasteiger partial charge in [0.2, 0.25) is 0 Å². The van der Waals surface area contributed by atoms with Gasteiger partial charge < -0.3 is 9.64 Å². The molecule has 1 aromatic heterocycles. The van der Waals surface area contributed by atoms with Gasteiger partial charge in [-0.05, 0) is 6.92 Å². The van der Waals surface area contributed by atoms with E-state index < -0.39 is 5.97 Å². The van der Waals surface area contributed by atoms with E-state index in [0.29, 0.717) is 12.1 Å². The average molecular weight is 294 g/mol. The summed E-state index contributed by atoms with van der Waals surface area (Å²) < 4.78 is 6.52. The molecule has 21 heavy (non-hydrogen) atoms. The number of aryl methyl sites for hydroxylation is 1. The topological polar surface area (TPSA) is 77.3 Å². The van der Waals surface area contributed by atoms with Crippen molar-refractivity contribution in [3.8, 4) is 0 Å². The maximum atomic E-state index is 12.5. The number of rotatable bonds is 7. The molecular weight excluding hydrogens is 272 g/mol. The molecule has 1 heterocycles. The van der Waals surface area contributed by atoms with Gasteiger partial charge in [-0.25, -0.2) is 4.79 Å². The summed E-state index contributed by atoms with van der Waals surface area (Å²) in [4.78, 5) is 26.0. The van der Waals surface area contributed by atoms with Gasteiger partial charge in [-0.2, -0.15) is 0 Å². The van der Waals surface area contributed by atoms with Crippen molar-refractivity contribution in [2.75, 3.05) is 20.7 Å². The predicted molar refractivity (Wildman–Crippen MR) is 77.3 cm³/mol. The Balaban J connectivity index is 2.86. The summed E-state index contributed by atoms with van der Waals surface area (Å²) >= 11 is 0. The van der Waals surface area contributed by atoms with Crippen molar-refractivity contribution in [3.05, 3.63) is 23.7 Å². The van der Waals surface area contributed by atoms with Gasteiger partial charge >= 0.3 is 5.97 Å². The highest BCUT2D eigenvalue weighted by molar-refractivity contribution is 6.17. The summed E-state index contributed by atoms with van der Waals surface area (Å²) in [7, 11) is 5.26. The first-order valence-corrected chi connectivity index (χ1v) is 6.79. The van der Waals surface area contributed by atoms with E-state index in [2.05, 4.69) is 10.3 Å². The first-order valence-electron chi connectivity index (χ1n) is 6.79. The zero-order chi connectivity index (χ0) is 16.0. The average Bonchev–Trinajstić information content (AvgIpc) is 2.80. The van der Waals surface area contributed by atoms with Crippen molar-refractivity contribution in [2.45, 2.75) is 20.3 Å². The van der Waals surface area contributed by atoms with Crippen LogP contribution in [-0.4, -0.2) is 52.3 Å². The molecule has 0 radical (unpaired) electrons. The van der Waals surface area contributed by atoms with Crippen molar-refractivity contribution in [2.24, 2.45) is 13.0 Å². The molecule has 0 spiro atoms.